The largest absolute Gasteiger partial charge is 0.507 e. The molecule has 2 aromatic rings. The maximum absolute atomic E-state index is 12.9. The van der Waals surface area contributed by atoms with Gasteiger partial charge in [-0.15, -0.1) is 0 Å². The first-order valence-corrected chi connectivity index (χ1v) is 10.2. The van der Waals surface area contributed by atoms with Gasteiger partial charge in [0.1, 0.15) is 23.3 Å². The Morgan fingerprint density at radius 3 is 2.43 bits per heavy atom. The Labute approximate surface area is 176 Å². The number of methoxy groups -OCH3 is 1. The highest BCUT2D eigenvalue weighted by molar-refractivity contribution is 6.46. The fourth-order valence-corrected chi connectivity index (χ4v) is 3.76. The summed E-state index contributed by atoms with van der Waals surface area (Å²) in [4.78, 5) is 29.5. The van der Waals surface area contributed by atoms with E-state index in [9.17, 15) is 14.7 Å². The maximum atomic E-state index is 12.9. The van der Waals surface area contributed by atoms with Gasteiger partial charge in [-0.05, 0) is 62.5 Å². The van der Waals surface area contributed by atoms with Crippen LogP contribution in [0.5, 0.6) is 5.75 Å². The first-order chi connectivity index (χ1) is 14.5. The predicted octanol–water partition coefficient (Wildman–Crippen LogP) is 3.44. The van der Waals surface area contributed by atoms with Crippen LogP contribution < -0.4 is 4.74 Å². The van der Waals surface area contributed by atoms with E-state index in [1.165, 1.54) is 11.2 Å². The number of ketones is 1. The summed E-state index contributed by atoms with van der Waals surface area (Å²) in [6, 6.07) is 9.36. The lowest BCUT2D eigenvalue weighted by Gasteiger charge is -2.25. The number of carbonyl (C=O) groups excluding carboxylic acids is 2. The van der Waals surface area contributed by atoms with Crippen molar-refractivity contribution in [2.45, 2.75) is 26.3 Å². The summed E-state index contributed by atoms with van der Waals surface area (Å²) in [5.41, 5.74) is 0.483. The Morgan fingerprint density at radius 2 is 1.87 bits per heavy atom. The number of carbonyl (C=O) groups is 2. The van der Waals surface area contributed by atoms with E-state index in [1.807, 2.05) is 0 Å². The van der Waals surface area contributed by atoms with E-state index in [4.69, 9.17) is 9.15 Å². The van der Waals surface area contributed by atoms with Crippen LogP contribution in [0.4, 0.5) is 0 Å². The molecule has 3 rings (SSSR count). The van der Waals surface area contributed by atoms with E-state index in [0.29, 0.717) is 30.0 Å². The van der Waals surface area contributed by atoms with Gasteiger partial charge in [-0.2, -0.15) is 0 Å². The number of benzene rings is 1. The maximum Gasteiger partial charge on any atom is 0.295 e. The molecule has 0 radical (unpaired) electrons. The van der Waals surface area contributed by atoms with E-state index in [2.05, 4.69) is 18.7 Å². The smallest absolute Gasteiger partial charge is 0.295 e. The molecule has 1 fully saturated rings. The Morgan fingerprint density at radius 1 is 1.17 bits per heavy atom. The average molecular weight is 412 g/mol. The molecule has 7 heteroatoms. The zero-order valence-corrected chi connectivity index (χ0v) is 17.6. The van der Waals surface area contributed by atoms with E-state index in [0.717, 1.165) is 19.6 Å². The summed E-state index contributed by atoms with van der Waals surface area (Å²) in [6.07, 6.45) is 2.22. The molecule has 1 aromatic heterocycles. The number of nitrogens with zero attached hydrogens (tertiary/aromatic N) is 2. The van der Waals surface area contributed by atoms with Gasteiger partial charge in [-0.3, -0.25) is 9.59 Å². The van der Waals surface area contributed by atoms with Crippen molar-refractivity contribution in [2.75, 3.05) is 33.3 Å². The van der Waals surface area contributed by atoms with Gasteiger partial charge in [0.2, 0.25) is 0 Å². The molecule has 1 saturated heterocycles. The molecule has 160 valence electrons. The monoisotopic (exact) mass is 412 g/mol. The van der Waals surface area contributed by atoms with Gasteiger partial charge < -0.3 is 24.1 Å². The van der Waals surface area contributed by atoms with E-state index < -0.39 is 17.7 Å². The lowest BCUT2D eigenvalue weighted by atomic mass is 9.99. The third kappa shape index (κ3) is 4.26. The number of likely N-dealkylation sites (tertiary alicyclic amines) is 1. The van der Waals surface area contributed by atoms with Gasteiger partial charge in [0.25, 0.3) is 11.7 Å². The van der Waals surface area contributed by atoms with Gasteiger partial charge in [0.05, 0.1) is 18.9 Å². The second-order valence-corrected chi connectivity index (χ2v) is 7.12. The van der Waals surface area contributed by atoms with E-state index in [-0.39, 0.29) is 11.3 Å². The molecule has 7 nitrogen and oxygen atoms in total. The van der Waals surface area contributed by atoms with Crippen LogP contribution in [-0.4, -0.2) is 59.9 Å². The van der Waals surface area contributed by atoms with Crippen LogP contribution in [0, 0.1) is 0 Å². The van der Waals surface area contributed by atoms with Gasteiger partial charge >= 0.3 is 0 Å². The summed E-state index contributed by atoms with van der Waals surface area (Å²) in [7, 11) is 1.55. The van der Waals surface area contributed by atoms with E-state index >= 15 is 0 Å². The minimum Gasteiger partial charge on any atom is -0.507 e. The van der Waals surface area contributed by atoms with Crippen molar-refractivity contribution in [1.82, 2.24) is 9.80 Å². The van der Waals surface area contributed by atoms with Crippen LogP contribution in [0.1, 0.15) is 37.6 Å². The summed E-state index contributed by atoms with van der Waals surface area (Å²) in [5.74, 6) is -0.458. The number of hydrogen-bond donors (Lipinski definition) is 1. The number of aliphatic hydroxyl groups excluding tert-OH is 1. The molecule has 0 aliphatic carbocycles. The van der Waals surface area contributed by atoms with Gasteiger partial charge in [0, 0.05) is 12.1 Å². The normalized spacial score (nSPS) is 18.4. The zero-order valence-electron chi connectivity index (χ0n) is 17.6. The Balaban J connectivity index is 1.95. The number of Topliss-reactive ketones (excluding diaryl/α,β-unsaturated/α-hetero) is 1. The van der Waals surface area contributed by atoms with Crippen molar-refractivity contribution in [3.05, 3.63) is 59.6 Å². The minimum atomic E-state index is -0.751. The van der Waals surface area contributed by atoms with E-state index in [1.54, 1.807) is 43.5 Å². The lowest BCUT2D eigenvalue weighted by Crippen LogP contribution is -2.33. The second kappa shape index (κ2) is 9.63. The van der Waals surface area contributed by atoms with Crippen LogP contribution in [0.3, 0.4) is 0 Å². The summed E-state index contributed by atoms with van der Waals surface area (Å²) in [5, 5.41) is 10.9. The molecule has 1 amide bonds. The quantitative estimate of drug-likeness (QED) is 0.386. The minimum absolute atomic E-state index is 0.0444. The van der Waals surface area contributed by atoms with Crippen LogP contribution >= 0.6 is 0 Å². The highest BCUT2D eigenvalue weighted by atomic mass is 16.5. The number of hydrogen-bond acceptors (Lipinski definition) is 6. The highest BCUT2D eigenvalue weighted by Gasteiger charge is 2.47. The molecule has 30 heavy (non-hydrogen) atoms. The zero-order chi connectivity index (χ0) is 21.7. The molecule has 1 N–H and O–H groups in total. The molecule has 0 spiro atoms. The van der Waals surface area contributed by atoms with Crippen molar-refractivity contribution < 1.29 is 23.8 Å². The number of aliphatic hydroxyl groups is 1. The molecular formula is C23H28N2O5. The summed E-state index contributed by atoms with van der Waals surface area (Å²) >= 11 is 0. The molecule has 1 aliphatic heterocycles. The average Bonchev–Trinajstić information content (AvgIpc) is 3.38. The number of ether oxygens (including phenoxy) is 1. The Hall–Kier alpha value is -3.06. The third-order valence-corrected chi connectivity index (χ3v) is 5.48. The molecule has 1 atom stereocenters. The van der Waals surface area contributed by atoms with Crippen LogP contribution in [0.2, 0.25) is 0 Å². The summed E-state index contributed by atoms with van der Waals surface area (Å²) < 4.78 is 10.7. The Bertz CT molecular complexity index is 898. The fraction of sp³-hybridized carbons (Fsp3) is 0.391. The number of amides is 1. The molecular weight excluding hydrogens is 384 g/mol. The summed E-state index contributed by atoms with van der Waals surface area (Å²) in [6.45, 7) is 7.24. The number of rotatable bonds is 9. The van der Waals surface area contributed by atoms with Gasteiger partial charge in [-0.25, -0.2) is 0 Å². The first-order valence-electron chi connectivity index (χ1n) is 10.2. The van der Waals surface area contributed by atoms with Crippen molar-refractivity contribution in [2.24, 2.45) is 0 Å². The first kappa shape index (κ1) is 21.6. The number of furan rings is 1. The van der Waals surface area contributed by atoms with Crippen LogP contribution in [0.25, 0.3) is 5.76 Å². The lowest BCUT2D eigenvalue weighted by molar-refractivity contribution is -0.140. The molecule has 0 saturated carbocycles. The van der Waals surface area contributed by atoms with Gasteiger partial charge in [0.15, 0.2) is 0 Å². The Kier molecular flexibility index (Phi) is 6.95. The topological polar surface area (TPSA) is 83.2 Å². The second-order valence-electron chi connectivity index (χ2n) is 7.12. The molecule has 2 heterocycles. The molecule has 0 bridgehead atoms. The van der Waals surface area contributed by atoms with Gasteiger partial charge in [-0.1, -0.05) is 13.8 Å². The highest BCUT2D eigenvalue weighted by Crippen LogP contribution is 2.39. The molecule has 0 unspecified atom stereocenters. The third-order valence-electron chi connectivity index (χ3n) is 5.48. The fourth-order valence-electron chi connectivity index (χ4n) is 3.76. The van der Waals surface area contributed by atoms with Crippen LogP contribution in [0.15, 0.2) is 52.7 Å². The predicted molar refractivity (Wildman–Crippen MR) is 113 cm³/mol. The van der Waals surface area contributed by atoms with Crippen molar-refractivity contribution in [1.29, 1.82) is 0 Å². The van der Waals surface area contributed by atoms with Crippen LogP contribution in [-0.2, 0) is 9.59 Å². The molecule has 1 aliphatic rings. The SMILES string of the molecule is CCN(CC)CCCN1C(=O)C(=O)/C(=C(/O)c2ccc(OC)cc2)[C@@H]1c1ccco1. The van der Waals surface area contributed by atoms with Crippen molar-refractivity contribution in [3.8, 4) is 5.75 Å². The van der Waals surface area contributed by atoms with Crippen molar-refractivity contribution in [3.63, 3.8) is 0 Å². The standard InChI is InChI=1S/C23H28N2O5/c1-4-24(5-2)13-7-14-25-20(18-8-6-15-30-18)19(22(27)23(25)28)21(26)16-9-11-17(29-3)12-10-16/h6,8-12,15,20,26H,4-5,7,13-14H2,1-3H3/b21-19+/t20-/m0/s1. The van der Waals surface area contributed by atoms with Crippen molar-refractivity contribution >= 4 is 17.4 Å². The molecule has 1 aromatic carbocycles.